The van der Waals surface area contributed by atoms with Crippen molar-refractivity contribution in [3.8, 4) is 5.75 Å². The molecule has 8 heteroatoms. The van der Waals surface area contributed by atoms with Gasteiger partial charge in [-0.05, 0) is 77.0 Å². The minimum absolute atomic E-state index is 0.0243. The molecule has 1 aromatic carbocycles. The van der Waals surface area contributed by atoms with Gasteiger partial charge in [0.2, 0.25) is 0 Å². The van der Waals surface area contributed by atoms with Gasteiger partial charge in [-0.3, -0.25) is 24.0 Å². The summed E-state index contributed by atoms with van der Waals surface area (Å²) in [5.41, 5.74) is 1.32. The van der Waals surface area contributed by atoms with E-state index in [1.54, 1.807) is 13.0 Å². The summed E-state index contributed by atoms with van der Waals surface area (Å²) in [4.78, 5) is 69.9. The summed E-state index contributed by atoms with van der Waals surface area (Å²) in [6.07, 6.45) is 0.646. The van der Waals surface area contributed by atoms with Crippen LogP contribution in [0.2, 0.25) is 0 Å². The maximum atomic E-state index is 13.5. The van der Waals surface area contributed by atoms with Gasteiger partial charge in [0, 0.05) is 12.0 Å². The summed E-state index contributed by atoms with van der Waals surface area (Å²) in [6.45, 7) is 8.50. The van der Waals surface area contributed by atoms with E-state index in [0.29, 0.717) is 29.7 Å². The molecule has 5 unspecified atom stereocenters. The van der Waals surface area contributed by atoms with E-state index < -0.39 is 64.1 Å². The zero-order valence-corrected chi connectivity index (χ0v) is 20.0. The van der Waals surface area contributed by atoms with Crippen molar-refractivity contribution in [2.75, 3.05) is 0 Å². The lowest BCUT2D eigenvalue weighted by Crippen LogP contribution is -2.55. The van der Waals surface area contributed by atoms with Gasteiger partial charge >= 0.3 is 0 Å². The van der Waals surface area contributed by atoms with Crippen LogP contribution in [-0.4, -0.2) is 45.3 Å². The van der Waals surface area contributed by atoms with E-state index in [0.717, 1.165) is 0 Å². The standard InChI is InChI=1S/C26H29NO7/c1-11(27-34-26(3,4)5)15-6-7-17(29)22-16(15)9-13-8-14-10-18(30)19(12(2)28)23(31)21(14)24(32)20(13)25(22)33/h6-7,13-14,19-21,29H,8-10H2,1-5H3. The van der Waals surface area contributed by atoms with Crippen LogP contribution in [0.1, 0.15) is 68.9 Å². The Morgan fingerprint density at radius 3 is 2.26 bits per heavy atom. The van der Waals surface area contributed by atoms with Crippen molar-refractivity contribution in [2.45, 2.75) is 59.5 Å². The molecular formula is C26H29NO7. The van der Waals surface area contributed by atoms with Crippen LogP contribution >= 0.6 is 0 Å². The first-order valence-corrected chi connectivity index (χ1v) is 11.5. The number of hydrogen-bond donors (Lipinski definition) is 1. The second-order valence-electron chi connectivity index (χ2n) is 10.7. The molecule has 0 spiro atoms. The Kier molecular flexibility index (Phi) is 5.82. The Morgan fingerprint density at radius 1 is 1.00 bits per heavy atom. The zero-order valence-electron chi connectivity index (χ0n) is 20.0. The van der Waals surface area contributed by atoms with Gasteiger partial charge in [0.1, 0.15) is 23.1 Å². The van der Waals surface area contributed by atoms with Gasteiger partial charge in [0.15, 0.2) is 23.1 Å². The molecule has 0 aromatic heterocycles. The molecule has 5 atom stereocenters. The monoisotopic (exact) mass is 467 g/mol. The highest BCUT2D eigenvalue weighted by Gasteiger charge is 2.57. The molecule has 0 aliphatic heterocycles. The van der Waals surface area contributed by atoms with Crippen LogP contribution in [0.5, 0.6) is 5.75 Å². The molecule has 0 bridgehead atoms. The van der Waals surface area contributed by atoms with Gasteiger partial charge in [-0.15, -0.1) is 0 Å². The third-order valence-corrected chi connectivity index (χ3v) is 7.08. The van der Waals surface area contributed by atoms with Crippen molar-refractivity contribution >= 4 is 34.6 Å². The first kappa shape index (κ1) is 24.0. The highest BCUT2D eigenvalue weighted by Crippen LogP contribution is 2.48. The molecule has 3 aliphatic carbocycles. The van der Waals surface area contributed by atoms with Crippen LogP contribution < -0.4 is 0 Å². The summed E-state index contributed by atoms with van der Waals surface area (Å²) in [6, 6.07) is 3.07. The molecule has 1 N–H and O–H groups in total. The Bertz CT molecular complexity index is 1160. The molecule has 180 valence electrons. The van der Waals surface area contributed by atoms with Crippen LogP contribution in [-0.2, 0) is 30.4 Å². The van der Waals surface area contributed by atoms with Gasteiger partial charge in [-0.25, -0.2) is 0 Å². The molecule has 34 heavy (non-hydrogen) atoms. The number of nitrogens with zero attached hydrogens (tertiary/aromatic N) is 1. The van der Waals surface area contributed by atoms with Gasteiger partial charge in [-0.2, -0.15) is 0 Å². The van der Waals surface area contributed by atoms with Crippen molar-refractivity contribution < 1.29 is 33.9 Å². The predicted molar refractivity (Wildman–Crippen MR) is 122 cm³/mol. The van der Waals surface area contributed by atoms with Crippen LogP contribution in [0.3, 0.4) is 0 Å². The molecule has 0 amide bonds. The normalized spacial score (nSPS) is 29.3. The number of Topliss-reactive ketones (excluding diaryl/α,β-unsaturated/α-hetero) is 5. The number of carbonyl (C=O) groups excluding carboxylic acids is 5. The fraction of sp³-hybridized carbons (Fsp3) is 0.538. The van der Waals surface area contributed by atoms with Gasteiger partial charge < -0.3 is 9.94 Å². The molecule has 0 heterocycles. The van der Waals surface area contributed by atoms with Crippen molar-refractivity contribution in [2.24, 2.45) is 34.7 Å². The second-order valence-corrected chi connectivity index (χ2v) is 10.7. The number of fused-ring (bicyclic) bond motifs is 3. The van der Waals surface area contributed by atoms with Crippen LogP contribution in [0.25, 0.3) is 0 Å². The van der Waals surface area contributed by atoms with Gasteiger partial charge in [0.05, 0.1) is 23.1 Å². The Morgan fingerprint density at radius 2 is 1.65 bits per heavy atom. The van der Waals surface area contributed by atoms with Crippen molar-refractivity contribution in [3.63, 3.8) is 0 Å². The number of aromatic hydroxyl groups is 1. The van der Waals surface area contributed by atoms with E-state index in [-0.39, 0.29) is 17.7 Å². The predicted octanol–water partition coefficient (Wildman–Crippen LogP) is 2.85. The third-order valence-electron chi connectivity index (χ3n) is 7.08. The average molecular weight is 468 g/mol. The molecule has 8 nitrogen and oxygen atoms in total. The van der Waals surface area contributed by atoms with Gasteiger partial charge in [-0.1, -0.05) is 5.16 Å². The molecule has 2 saturated carbocycles. The van der Waals surface area contributed by atoms with E-state index in [9.17, 15) is 29.1 Å². The van der Waals surface area contributed by atoms with Crippen molar-refractivity contribution in [1.29, 1.82) is 0 Å². The maximum Gasteiger partial charge on any atom is 0.177 e. The summed E-state index contributed by atoms with van der Waals surface area (Å²) in [5, 5.41) is 14.7. The minimum Gasteiger partial charge on any atom is -0.507 e. The topological polar surface area (TPSA) is 127 Å². The molecule has 3 aliphatic rings. The number of rotatable bonds is 3. The number of oxime groups is 1. The lowest BCUT2D eigenvalue weighted by Gasteiger charge is -2.44. The lowest BCUT2D eigenvalue weighted by atomic mass is 9.55. The van der Waals surface area contributed by atoms with E-state index in [2.05, 4.69) is 5.16 Å². The van der Waals surface area contributed by atoms with E-state index >= 15 is 0 Å². The van der Waals surface area contributed by atoms with E-state index in [1.165, 1.54) is 13.0 Å². The smallest absolute Gasteiger partial charge is 0.177 e. The summed E-state index contributed by atoms with van der Waals surface area (Å²) in [5.74, 6) is -7.55. The first-order chi connectivity index (χ1) is 15.8. The Labute approximate surface area is 197 Å². The SMILES string of the molecule is CC(=O)C1C(=O)CC2CC3Cc4c(C(C)=NOC(C)(C)C)ccc(O)c4C(=O)C3C(=O)C2C1=O. The first-order valence-electron chi connectivity index (χ1n) is 11.5. The average Bonchev–Trinajstić information content (AvgIpc) is 2.70. The second kappa shape index (κ2) is 8.25. The highest BCUT2D eigenvalue weighted by molar-refractivity contribution is 6.28. The van der Waals surface area contributed by atoms with Crippen molar-refractivity contribution in [1.82, 2.24) is 0 Å². The number of hydrogen-bond acceptors (Lipinski definition) is 8. The summed E-state index contributed by atoms with van der Waals surface area (Å²) in [7, 11) is 0. The Hall–Kier alpha value is -3.16. The molecule has 1 aromatic rings. The molecule has 0 radical (unpaired) electrons. The molecule has 0 saturated heterocycles. The van der Waals surface area contributed by atoms with Crippen molar-refractivity contribution in [3.05, 3.63) is 28.8 Å². The zero-order chi connectivity index (χ0) is 25.1. The highest BCUT2D eigenvalue weighted by atomic mass is 16.6. The van der Waals surface area contributed by atoms with E-state index in [1.807, 2.05) is 20.8 Å². The summed E-state index contributed by atoms with van der Waals surface area (Å²) >= 11 is 0. The largest absolute Gasteiger partial charge is 0.507 e. The number of benzene rings is 1. The molecule has 4 rings (SSSR count). The molecule has 2 fully saturated rings. The van der Waals surface area contributed by atoms with Crippen LogP contribution in [0, 0.1) is 29.6 Å². The van der Waals surface area contributed by atoms with Crippen LogP contribution in [0.4, 0.5) is 0 Å². The minimum atomic E-state index is -1.42. The Balaban J connectivity index is 1.74. The lowest BCUT2D eigenvalue weighted by molar-refractivity contribution is -0.152. The fourth-order valence-corrected chi connectivity index (χ4v) is 5.71. The number of phenolic OH excluding ortho intramolecular Hbond substituents is 1. The maximum absolute atomic E-state index is 13.5. The van der Waals surface area contributed by atoms with Gasteiger partial charge in [0.25, 0.3) is 0 Å². The summed E-state index contributed by atoms with van der Waals surface area (Å²) < 4.78 is 0. The van der Waals surface area contributed by atoms with Crippen LogP contribution in [0.15, 0.2) is 17.3 Å². The number of phenols is 1. The number of ketones is 5. The fourth-order valence-electron chi connectivity index (χ4n) is 5.71. The number of carbonyl (C=O) groups is 5. The quantitative estimate of drug-likeness (QED) is 0.411. The van der Waals surface area contributed by atoms with E-state index in [4.69, 9.17) is 4.84 Å². The molecular weight excluding hydrogens is 438 g/mol. The third kappa shape index (κ3) is 3.89.